The van der Waals surface area contributed by atoms with Crippen LogP contribution >= 0.6 is 0 Å². The molecule has 0 saturated heterocycles. The fourth-order valence-electron chi connectivity index (χ4n) is 9.08. The fourth-order valence-corrected chi connectivity index (χ4v) is 9.08. The van der Waals surface area contributed by atoms with Crippen LogP contribution in [0.25, 0.3) is 98.1 Å². The average molecular weight is 844 g/mol. The molecule has 0 unspecified atom stereocenters. The fraction of sp³-hybridized carbons (Fsp3) is 0.0364. The zero-order valence-electron chi connectivity index (χ0n) is 34.2. The molecule has 65 heavy (non-hydrogen) atoms. The van der Waals surface area contributed by atoms with Crippen molar-refractivity contribution in [3.63, 3.8) is 0 Å². The first-order valence-corrected chi connectivity index (χ1v) is 20.2. The molecule has 304 valence electrons. The molecule has 0 aliphatic rings. The number of fused-ring (bicyclic) bond motifs is 6. The summed E-state index contributed by atoms with van der Waals surface area (Å²) in [6.07, 6.45) is -4.55. The number of alkyl halides is 3. The number of nitriles is 3. The Bertz CT molecular complexity index is 3690. The second kappa shape index (κ2) is 15.2. The number of halogens is 3. The molecule has 0 amide bonds. The Morgan fingerprint density at radius 1 is 0.508 bits per heavy atom. The van der Waals surface area contributed by atoms with Crippen LogP contribution in [0.5, 0.6) is 0 Å². The van der Waals surface area contributed by atoms with Crippen LogP contribution in [0.1, 0.15) is 27.8 Å². The van der Waals surface area contributed by atoms with Crippen molar-refractivity contribution in [3.8, 4) is 63.0 Å². The van der Waals surface area contributed by atoms with Gasteiger partial charge in [-0.05, 0) is 125 Å². The van der Waals surface area contributed by atoms with Gasteiger partial charge in [-0.25, -0.2) is 9.69 Å². The topological polar surface area (TPSA) is 89.9 Å². The van der Waals surface area contributed by atoms with Gasteiger partial charge in [-0.1, -0.05) is 72.8 Å². The van der Waals surface area contributed by atoms with E-state index in [1.807, 2.05) is 106 Å². The van der Waals surface area contributed by atoms with E-state index < -0.39 is 11.7 Å². The molecule has 0 fully saturated rings. The van der Waals surface area contributed by atoms with Crippen LogP contribution in [0, 0.1) is 54.1 Å². The standard InChI is InChI=1S/C55H28F3N7/c1-32-22-38(55(56,57)58)15-18-40(32)36-27-53(64-49-10-6-4-8-43(49)45-25-34(13-20-51(45)64)41-19-16-39(62-2)24-37(41)30-60)47(31-61)54(28-36)65-50-11-7-5-9-44(50)46-26-35(14-21-52(46)65)42-17-12-33(29-59)23-48(42)63-3/h4-28H,1H3. The van der Waals surface area contributed by atoms with Crippen molar-refractivity contribution in [2.75, 3.05) is 0 Å². The van der Waals surface area contributed by atoms with E-state index in [0.29, 0.717) is 67.3 Å². The molecule has 0 atom stereocenters. The lowest BCUT2D eigenvalue weighted by Gasteiger charge is -2.19. The van der Waals surface area contributed by atoms with E-state index in [4.69, 9.17) is 13.1 Å². The number of benzene rings is 8. The predicted octanol–water partition coefficient (Wildman–Crippen LogP) is 14.9. The number of rotatable bonds is 5. The van der Waals surface area contributed by atoms with Crippen LogP contribution in [0.2, 0.25) is 0 Å². The number of nitrogens with zero attached hydrogens (tertiary/aromatic N) is 7. The molecule has 8 aromatic carbocycles. The third kappa shape index (κ3) is 6.40. The van der Waals surface area contributed by atoms with Crippen molar-refractivity contribution in [2.24, 2.45) is 0 Å². The van der Waals surface area contributed by atoms with Gasteiger partial charge in [-0.3, -0.25) is 0 Å². The Labute approximate surface area is 370 Å². The highest BCUT2D eigenvalue weighted by molar-refractivity contribution is 6.13. The lowest BCUT2D eigenvalue weighted by atomic mass is 9.95. The van der Waals surface area contributed by atoms with Gasteiger partial charge in [0.2, 0.25) is 0 Å². The molecule has 0 aliphatic carbocycles. The predicted molar refractivity (Wildman–Crippen MR) is 248 cm³/mol. The molecule has 0 spiro atoms. The second-order valence-electron chi connectivity index (χ2n) is 15.6. The second-order valence-corrected chi connectivity index (χ2v) is 15.6. The van der Waals surface area contributed by atoms with Gasteiger partial charge in [0, 0.05) is 32.7 Å². The van der Waals surface area contributed by atoms with Gasteiger partial charge in [0.1, 0.15) is 11.6 Å². The molecule has 0 N–H and O–H groups in total. The number of aryl methyl sites for hydroxylation is 1. The van der Waals surface area contributed by atoms with Gasteiger partial charge in [0.05, 0.1) is 64.3 Å². The van der Waals surface area contributed by atoms with Gasteiger partial charge in [0.15, 0.2) is 11.4 Å². The number of hydrogen-bond donors (Lipinski definition) is 0. The van der Waals surface area contributed by atoms with Crippen LogP contribution in [0.4, 0.5) is 24.5 Å². The lowest BCUT2D eigenvalue weighted by Crippen LogP contribution is -2.07. The Morgan fingerprint density at radius 3 is 1.62 bits per heavy atom. The van der Waals surface area contributed by atoms with E-state index in [1.54, 1.807) is 43.3 Å². The molecule has 0 saturated carbocycles. The van der Waals surface area contributed by atoms with Crippen molar-refractivity contribution >= 4 is 55.0 Å². The molecule has 0 radical (unpaired) electrons. The Hall–Kier alpha value is -9.40. The van der Waals surface area contributed by atoms with Crippen LogP contribution < -0.4 is 0 Å². The van der Waals surface area contributed by atoms with Crippen molar-refractivity contribution in [2.45, 2.75) is 13.1 Å². The maximum absolute atomic E-state index is 14.0. The minimum Gasteiger partial charge on any atom is -0.308 e. The van der Waals surface area contributed by atoms with Crippen molar-refractivity contribution in [1.29, 1.82) is 15.8 Å². The number of para-hydroxylation sites is 2. The summed E-state index contributed by atoms with van der Waals surface area (Å²) in [4.78, 5) is 7.21. The quantitative estimate of drug-likeness (QED) is 0.162. The van der Waals surface area contributed by atoms with E-state index in [1.165, 1.54) is 6.07 Å². The number of aromatic nitrogens is 2. The monoisotopic (exact) mass is 843 g/mol. The first kappa shape index (κ1) is 39.7. The summed E-state index contributed by atoms with van der Waals surface area (Å²) in [5.41, 5.74) is 9.41. The van der Waals surface area contributed by atoms with Gasteiger partial charge in [0.25, 0.3) is 0 Å². The van der Waals surface area contributed by atoms with Crippen molar-refractivity contribution in [1.82, 2.24) is 9.13 Å². The Morgan fingerprint density at radius 2 is 1.08 bits per heavy atom. The first-order valence-electron chi connectivity index (χ1n) is 20.2. The molecule has 0 bridgehead atoms. The zero-order valence-corrected chi connectivity index (χ0v) is 34.2. The van der Waals surface area contributed by atoms with Gasteiger partial charge < -0.3 is 9.13 Å². The SMILES string of the molecule is [C-]#[N+]c1ccc(-c2ccc3c(c2)c2ccccc2n3-c2cc(-c3ccc(C(F)(F)F)cc3C)cc(-n3c4ccccc4c4cc(-c5ccc(C#N)cc5[N+]#[C-])ccc43)c2C#N)c(C#N)c1. The zero-order chi connectivity index (χ0) is 45.1. The maximum atomic E-state index is 14.0. The van der Waals surface area contributed by atoms with E-state index >= 15 is 0 Å². The summed E-state index contributed by atoms with van der Waals surface area (Å²) in [5, 5.41) is 34.4. The maximum Gasteiger partial charge on any atom is 0.416 e. The minimum absolute atomic E-state index is 0.306. The summed E-state index contributed by atoms with van der Waals surface area (Å²) >= 11 is 0. The van der Waals surface area contributed by atoms with Gasteiger partial charge >= 0.3 is 6.18 Å². The highest BCUT2D eigenvalue weighted by atomic mass is 19.4. The van der Waals surface area contributed by atoms with E-state index in [-0.39, 0.29) is 0 Å². The molecule has 2 heterocycles. The minimum atomic E-state index is -4.55. The van der Waals surface area contributed by atoms with E-state index in [9.17, 15) is 29.0 Å². The third-order valence-electron chi connectivity index (χ3n) is 12.0. The van der Waals surface area contributed by atoms with E-state index in [0.717, 1.165) is 66.9 Å². The third-order valence-corrected chi connectivity index (χ3v) is 12.0. The van der Waals surface area contributed by atoms with Crippen molar-refractivity contribution < 1.29 is 13.2 Å². The first-order chi connectivity index (χ1) is 31.5. The molecule has 10 heteroatoms. The molecular formula is C55H28F3N7. The van der Waals surface area contributed by atoms with E-state index in [2.05, 4.69) is 27.9 Å². The highest BCUT2D eigenvalue weighted by Crippen LogP contribution is 2.44. The summed E-state index contributed by atoms with van der Waals surface area (Å²) in [5.74, 6) is 0. The van der Waals surface area contributed by atoms with Gasteiger partial charge in [-0.15, -0.1) is 0 Å². The molecule has 0 aliphatic heterocycles. The molecule has 2 aromatic heterocycles. The molecule has 7 nitrogen and oxygen atoms in total. The lowest BCUT2D eigenvalue weighted by molar-refractivity contribution is -0.137. The number of hydrogen-bond acceptors (Lipinski definition) is 3. The van der Waals surface area contributed by atoms with Crippen molar-refractivity contribution in [3.05, 3.63) is 202 Å². The van der Waals surface area contributed by atoms with Gasteiger partial charge in [-0.2, -0.15) is 29.0 Å². The smallest absolute Gasteiger partial charge is 0.308 e. The normalized spacial score (nSPS) is 11.3. The summed E-state index contributed by atoms with van der Waals surface area (Å²) in [6, 6.07) is 51.5. The Kier molecular flexibility index (Phi) is 9.29. The van der Waals surface area contributed by atoms with Crippen LogP contribution in [0.3, 0.4) is 0 Å². The summed E-state index contributed by atoms with van der Waals surface area (Å²) in [6.45, 7) is 17.0. The largest absolute Gasteiger partial charge is 0.416 e. The van der Waals surface area contributed by atoms with Crippen LogP contribution in [-0.2, 0) is 6.18 Å². The molecule has 10 aromatic rings. The molecule has 10 rings (SSSR count). The summed E-state index contributed by atoms with van der Waals surface area (Å²) < 4.78 is 46.1. The van der Waals surface area contributed by atoms with Crippen LogP contribution in [0.15, 0.2) is 152 Å². The molecular weight excluding hydrogens is 816 g/mol. The summed E-state index contributed by atoms with van der Waals surface area (Å²) in [7, 11) is 0. The van der Waals surface area contributed by atoms with Crippen LogP contribution in [-0.4, -0.2) is 9.13 Å². The average Bonchev–Trinajstić information content (AvgIpc) is 3.84. The highest BCUT2D eigenvalue weighted by Gasteiger charge is 2.31. The Balaban J connectivity index is 1.28.